The summed E-state index contributed by atoms with van der Waals surface area (Å²) in [5.74, 6) is -1.17. The molecule has 1 saturated carbocycles. The van der Waals surface area contributed by atoms with E-state index in [1.54, 1.807) is 0 Å². The highest BCUT2D eigenvalue weighted by atomic mass is 32.2. The molecule has 2 atom stereocenters. The van der Waals surface area contributed by atoms with E-state index < -0.39 is 28.1 Å². The second kappa shape index (κ2) is 5.86. The molecule has 1 aromatic heterocycles. The molecule has 20 heavy (non-hydrogen) atoms. The lowest BCUT2D eigenvalue weighted by Gasteiger charge is -2.27. The molecular weight excluding hydrogens is 284 g/mol. The maximum atomic E-state index is 12.1. The van der Waals surface area contributed by atoms with Crippen LogP contribution in [0.4, 0.5) is 0 Å². The molecule has 0 amide bonds. The molecule has 0 aromatic carbocycles. The predicted molar refractivity (Wildman–Crippen MR) is 69.8 cm³/mol. The number of carboxylic acids is 1. The molecule has 0 spiro atoms. The maximum absolute atomic E-state index is 12.1. The van der Waals surface area contributed by atoms with E-state index in [0.717, 1.165) is 25.1 Å². The predicted octanol–water partition coefficient (Wildman–Crippen LogP) is 0.362. The summed E-state index contributed by atoms with van der Waals surface area (Å²) < 4.78 is 26.6. The van der Waals surface area contributed by atoms with Gasteiger partial charge < -0.3 is 10.2 Å². The number of aromatic nitrogens is 1. The summed E-state index contributed by atoms with van der Waals surface area (Å²) in [6.45, 7) is 0. The minimum Gasteiger partial charge on any atom is -0.478 e. The maximum Gasteiger partial charge on any atom is 0.337 e. The van der Waals surface area contributed by atoms with Gasteiger partial charge >= 0.3 is 5.97 Å². The number of hydrogen-bond acceptors (Lipinski definition) is 5. The lowest BCUT2D eigenvalue weighted by Crippen LogP contribution is -2.45. The zero-order valence-corrected chi connectivity index (χ0v) is 11.5. The largest absolute Gasteiger partial charge is 0.478 e. The van der Waals surface area contributed by atoms with E-state index in [1.807, 2.05) is 0 Å². The van der Waals surface area contributed by atoms with Gasteiger partial charge in [0.1, 0.15) is 0 Å². The van der Waals surface area contributed by atoms with Crippen molar-refractivity contribution in [1.29, 1.82) is 0 Å². The third-order valence-corrected chi connectivity index (χ3v) is 4.70. The molecule has 0 bridgehead atoms. The minimum absolute atomic E-state index is 0.0818. The van der Waals surface area contributed by atoms with Crippen molar-refractivity contribution < 1.29 is 23.4 Å². The van der Waals surface area contributed by atoms with Crippen LogP contribution in [0.3, 0.4) is 0 Å². The van der Waals surface area contributed by atoms with Crippen LogP contribution in [-0.4, -0.2) is 41.7 Å². The van der Waals surface area contributed by atoms with Gasteiger partial charge in [0.05, 0.1) is 11.7 Å². The van der Waals surface area contributed by atoms with Gasteiger partial charge in [-0.15, -0.1) is 0 Å². The summed E-state index contributed by atoms with van der Waals surface area (Å²) in [6.07, 6.45) is 3.18. The highest BCUT2D eigenvalue weighted by Crippen LogP contribution is 2.20. The third-order valence-electron chi connectivity index (χ3n) is 3.29. The van der Waals surface area contributed by atoms with Crippen LogP contribution in [0.2, 0.25) is 0 Å². The monoisotopic (exact) mass is 300 g/mol. The van der Waals surface area contributed by atoms with Gasteiger partial charge in [-0.1, -0.05) is 12.8 Å². The smallest absolute Gasteiger partial charge is 0.337 e. The Kier molecular flexibility index (Phi) is 4.36. The number of hydrogen-bond donors (Lipinski definition) is 3. The van der Waals surface area contributed by atoms with E-state index in [4.69, 9.17) is 5.11 Å². The minimum atomic E-state index is -3.85. The summed E-state index contributed by atoms with van der Waals surface area (Å²) in [5.41, 5.74) is -0.0818. The van der Waals surface area contributed by atoms with Crippen LogP contribution in [0.5, 0.6) is 0 Å². The fourth-order valence-corrected chi connectivity index (χ4v) is 3.41. The molecule has 8 heteroatoms. The SMILES string of the molecule is O=C(O)c1ccc(S(=O)(=O)N[C@H]2CCCC[C@@H]2O)nc1. The highest BCUT2D eigenvalue weighted by Gasteiger charge is 2.28. The Morgan fingerprint density at radius 3 is 2.55 bits per heavy atom. The van der Waals surface area contributed by atoms with E-state index >= 15 is 0 Å². The zero-order valence-electron chi connectivity index (χ0n) is 10.7. The summed E-state index contributed by atoms with van der Waals surface area (Å²) >= 11 is 0. The van der Waals surface area contributed by atoms with Gasteiger partial charge in [0.25, 0.3) is 10.0 Å². The van der Waals surface area contributed by atoms with E-state index in [1.165, 1.54) is 6.07 Å². The number of sulfonamides is 1. The van der Waals surface area contributed by atoms with E-state index in [2.05, 4.69) is 9.71 Å². The van der Waals surface area contributed by atoms with Crippen molar-refractivity contribution in [1.82, 2.24) is 9.71 Å². The summed E-state index contributed by atoms with van der Waals surface area (Å²) in [7, 11) is -3.85. The first kappa shape index (κ1) is 14.9. The number of pyridine rings is 1. The molecule has 0 aliphatic heterocycles. The van der Waals surface area contributed by atoms with Crippen LogP contribution in [0.15, 0.2) is 23.4 Å². The molecule has 3 N–H and O–H groups in total. The van der Waals surface area contributed by atoms with Gasteiger partial charge in [-0.05, 0) is 25.0 Å². The molecule has 1 aliphatic rings. The van der Waals surface area contributed by atoms with Crippen LogP contribution in [0.1, 0.15) is 36.0 Å². The normalized spacial score (nSPS) is 23.4. The van der Waals surface area contributed by atoms with Crippen molar-refractivity contribution >= 4 is 16.0 Å². The summed E-state index contributed by atoms with van der Waals surface area (Å²) in [4.78, 5) is 14.3. The average molecular weight is 300 g/mol. The molecule has 0 radical (unpaired) electrons. The fraction of sp³-hybridized carbons (Fsp3) is 0.500. The van der Waals surface area contributed by atoms with Crippen molar-refractivity contribution in [2.75, 3.05) is 0 Å². The average Bonchev–Trinajstić information content (AvgIpc) is 2.41. The van der Waals surface area contributed by atoms with Crippen LogP contribution < -0.4 is 4.72 Å². The van der Waals surface area contributed by atoms with Crippen molar-refractivity contribution in [3.05, 3.63) is 23.9 Å². The van der Waals surface area contributed by atoms with E-state index in [9.17, 15) is 18.3 Å². The van der Waals surface area contributed by atoms with Crippen molar-refractivity contribution in [2.24, 2.45) is 0 Å². The standard InChI is InChI=1S/C12H16N2O5S/c15-10-4-2-1-3-9(10)14-20(18,19)11-6-5-8(7-13-11)12(16)17/h5-7,9-10,14-15H,1-4H2,(H,16,17)/t9-,10-/m0/s1. The Balaban J connectivity index is 2.15. The van der Waals surface area contributed by atoms with Crippen LogP contribution in [0.25, 0.3) is 0 Å². The van der Waals surface area contributed by atoms with Gasteiger partial charge in [-0.25, -0.2) is 22.9 Å². The van der Waals surface area contributed by atoms with Gasteiger partial charge in [0, 0.05) is 12.2 Å². The number of aromatic carboxylic acids is 1. The number of aliphatic hydroxyl groups is 1. The molecule has 110 valence electrons. The topological polar surface area (TPSA) is 117 Å². The van der Waals surface area contributed by atoms with Crippen molar-refractivity contribution in [3.8, 4) is 0 Å². The lowest BCUT2D eigenvalue weighted by molar-refractivity contribution is 0.0696. The van der Waals surface area contributed by atoms with Crippen LogP contribution in [-0.2, 0) is 10.0 Å². The van der Waals surface area contributed by atoms with Crippen molar-refractivity contribution in [2.45, 2.75) is 42.9 Å². The lowest BCUT2D eigenvalue weighted by atomic mass is 9.93. The number of nitrogens with one attached hydrogen (secondary N) is 1. The quantitative estimate of drug-likeness (QED) is 0.739. The third kappa shape index (κ3) is 3.33. The fourth-order valence-electron chi connectivity index (χ4n) is 2.17. The second-order valence-electron chi connectivity index (χ2n) is 4.77. The number of carboxylic acid groups (broad SMARTS) is 1. The van der Waals surface area contributed by atoms with Gasteiger partial charge in [-0.2, -0.15) is 0 Å². The van der Waals surface area contributed by atoms with Crippen LogP contribution in [0, 0.1) is 0 Å². The highest BCUT2D eigenvalue weighted by molar-refractivity contribution is 7.89. The Morgan fingerprint density at radius 1 is 1.30 bits per heavy atom. The molecule has 1 aromatic rings. The zero-order chi connectivity index (χ0) is 14.8. The molecule has 0 unspecified atom stereocenters. The van der Waals surface area contributed by atoms with Gasteiger partial charge in [0.2, 0.25) is 0 Å². The first-order valence-electron chi connectivity index (χ1n) is 6.30. The Bertz CT molecular complexity index is 584. The molecule has 1 aliphatic carbocycles. The number of nitrogens with zero attached hydrogens (tertiary/aromatic N) is 1. The van der Waals surface area contributed by atoms with Crippen molar-refractivity contribution in [3.63, 3.8) is 0 Å². The second-order valence-corrected chi connectivity index (χ2v) is 6.43. The Hall–Kier alpha value is -1.51. The van der Waals surface area contributed by atoms with Gasteiger partial charge in [-0.3, -0.25) is 0 Å². The number of rotatable bonds is 4. The first-order chi connectivity index (χ1) is 9.40. The van der Waals surface area contributed by atoms with E-state index in [0.29, 0.717) is 12.8 Å². The number of aliphatic hydroxyl groups excluding tert-OH is 1. The first-order valence-corrected chi connectivity index (χ1v) is 7.78. The molecule has 1 heterocycles. The van der Waals surface area contributed by atoms with E-state index in [-0.39, 0.29) is 10.6 Å². The number of carbonyl (C=O) groups is 1. The Morgan fingerprint density at radius 2 is 2.00 bits per heavy atom. The van der Waals surface area contributed by atoms with Gasteiger partial charge in [0.15, 0.2) is 5.03 Å². The molecular formula is C12H16N2O5S. The summed E-state index contributed by atoms with van der Waals surface area (Å²) in [5, 5.41) is 18.3. The summed E-state index contributed by atoms with van der Waals surface area (Å²) in [6, 6.07) is 1.80. The molecule has 2 rings (SSSR count). The van der Waals surface area contributed by atoms with Crippen LogP contribution >= 0.6 is 0 Å². The molecule has 0 saturated heterocycles. The molecule has 7 nitrogen and oxygen atoms in total. The molecule has 1 fully saturated rings. The Labute approximate surface area is 116 Å².